The largest absolute Gasteiger partial charge is 0.459 e. The maximum absolute atomic E-state index is 12.4. The van der Waals surface area contributed by atoms with E-state index < -0.39 is 0 Å². The minimum absolute atomic E-state index is 0.0160. The quantitative estimate of drug-likeness (QED) is 0.790. The van der Waals surface area contributed by atoms with E-state index in [-0.39, 0.29) is 23.5 Å². The van der Waals surface area contributed by atoms with E-state index >= 15 is 0 Å². The SMILES string of the molecule is O=C(NCC1CCC2(CCN(C(=O)CCc3cn[nH]c3)CC2)O1)c1ccco1. The lowest BCUT2D eigenvalue weighted by atomic mass is 9.88. The number of aryl methyl sites for hydroxylation is 1. The molecule has 0 aliphatic carbocycles. The molecule has 28 heavy (non-hydrogen) atoms. The average Bonchev–Trinajstić information content (AvgIpc) is 3.47. The Kier molecular flexibility index (Phi) is 5.47. The van der Waals surface area contributed by atoms with E-state index in [1.807, 2.05) is 11.1 Å². The minimum atomic E-state index is -0.215. The molecular formula is C20H26N4O4. The lowest BCUT2D eigenvalue weighted by Gasteiger charge is -2.39. The molecule has 2 aromatic heterocycles. The summed E-state index contributed by atoms with van der Waals surface area (Å²) in [6.07, 6.45) is 9.92. The number of nitrogens with zero attached hydrogens (tertiary/aromatic N) is 2. The number of aromatic nitrogens is 2. The lowest BCUT2D eigenvalue weighted by molar-refractivity contribution is -0.137. The molecule has 2 saturated heterocycles. The zero-order valence-electron chi connectivity index (χ0n) is 15.9. The number of carbonyl (C=O) groups is 2. The van der Waals surface area contributed by atoms with Crippen molar-refractivity contribution in [3.8, 4) is 0 Å². The van der Waals surface area contributed by atoms with E-state index in [4.69, 9.17) is 9.15 Å². The Hall–Kier alpha value is -2.61. The molecule has 8 nitrogen and oxygen atoms in total. The number of furan rings is 1. The fourth-order valence-electron chi connectivity index (χ4n) is 4.10. The molecule has 2 aliphatic heterocycles. The standard InChI is InChI=1S/C20H26N4O4/c25-18(4-3-15-12-22-23-13-15)24-9-7-20(8-10-24)6-5-16(28-20)14-21-19(26)17-2-1-11-27-17/h1-2,11-13,16H,3-10,14H2,(H,21,26)(H,22,23). The summed E-state index contributed by atoms with van der Waals surface area (Å²) in [5, 5.41) is 9.56. The highest BCUT2D eigenvalue weighted by molar-refractivity contribution is 5.91. The minimum Gasteiger partial charge on any atom is -0.459 e. The van der Waals surface area contributed by atoms with Gasteiger partial charge in [0.2, 0.25) is 5.91 Å². The van der Waals surface area contributed by atoms with Crippen LogP contribution in [0.4, 0.5) is 0 Å². The van der Waals surface area contributed by atoms with Crippen LogP contribution in [0.3, 0.4) is 0 Å². The van der Waals surface area contributed by atoms with Gasteiger partial charge in [0.25, 0.3) is 5.91 Å². The molecule has 1 unspecified atom stereocenters. The van der Waals surface area contributed by atoms with Crippen molar-refractivity contribution in [3.05, 3.63) is 42.1 Å². The third kappa shape index (κ3) is 4.27. The summed E-state index contributed by atoms with van der Waals surface area (Å²) < 4.78 is 11.4. The summed E-state index contributed by atoms with van der Waals surface area (Å²) in [4.78, 5) is 26.4. The van der Waals surface area contributed by atoms with Crippen LogP contribution in [0.15, 0.2) is 35.2 Å². The third-order valence-corrected chi connectivity index (χ3v) is 5.78. The number of amides is 2. The molecule has 2 fully saturated rings. The first-order chi connectivity index (χ1) is 13.6. The number of ether oxygens (including phenoxy) is 1. The Labute approximate surface area is 163 Å². The summed E-state index contributed by atoms with van der Waals surface area (Å²) in [7, 11) is 0. The number of carbonyl (C=O) groups excluding carboxylic acids is 2. The van der Waals surface area contributed by atoms with Gasteiger partial charge >= 0.3 is 0 Å². The van der Waals surface area contributed by atoms with Crippen molar-refractivity contribution in [1.82, 2.24) is 20.4 Å². The van der Waals surface area contributed by atoms with Crippen LogP contribution < -0.4 is 5.32 Å². The van der Waals surface area contributed by atoms with Crippen molar-refractivity contribution in [2.75, 3.05) is 19.6 Å². The van der Waals surface area contributed by atoms with Crippen molar-refractivity contribution in [3.63, 3.8) is 0 Å². The first kappa shape index (κ1) is 18.7. The Balaban J connectivity index is 1.20. The summed E-state index contributed by atoms with van der Waals surface area (Å²) in [5.74, 6) is 0.291. The molecule has 2 aliphatic rings. The van der Waals surface area contributed by atoms with Gasteiger partial charge < -0.3 is 19.4 Å². The first-order valence-corrected chi connectivity index (χ1v) is 9.88. The van der Waals surface area contributed by atoms with Gasteiger partial charge in [-0.05, 0) is 49.8 Å². The summed E-state index contributed by atoms with van der Waals surface area (Å²) in [6, 6.07) is 3.34. The second-order valence-electron chi connectivity index (χ2n) is 7.64. The number of H-pyrrole nitrogens is 1. The highest BCUT2D eigenvalue weighted by Gasteiger charge is 2.43. The number of piperidine rings is 1. The Morgan fingerprint density at radius 1 is 1.32 bits per heavy atom. The summed E-state index contributed by atoms with van der Waals surface area (Å²) >= 11 is 0. The number of rotatable bonds is 6. The molecule has 150 valence electrons. The van der Waals surface area contributed by atoms with Gasteiger partial charge in [0.1, 0.15) is 0 Å². The molecule has 1 spiro atoms. The van der Waals surface area contributed by atoms with E-state index in [9.17, 15) is 9.59 Å². The molecule has 0 saturated carbocycles. The summed E-state index contributed by atoms with van der Waals surface area (Å²) in [6.45, 7) is 1.94. The normalized spacial score (nSPS) is 21.1. The predicted octanol–water partition coefficient (Wildman–Crippen LogP) is 1.91. The van der Waals surface area contributed by atoms with Gasteiger partial charge in [-0.2, -0.15) is 5.10 Å². The van der Waals surface area contributed by atoms with Crippen LogP contribution in [-0.4, -0.2) is 58.3 Å². The summed E-state index contributed by atoms with van der Waals surface area (Å²) in [5.41, 5.74) is 0.905. The smallest absolute Gasteiger partial charge is 0.287 e. The molecule has 0 bridgehead atoms. The zero-order chi connectivity index (χ0) is 19.4. The maximum atomic E-state index is 12.4. The van der Waals surface area contributed by atoms with Crippen molar-refractivity contribution >= 4 is 11.8 Å². The third-order valence-electron chi connectivity index (χ3n) is 5.78. The van der Waals surface area contributed by atoms with E-state index in [1.165, 1.54) is 6.26 Å². The van der Waals surface area contributed by atoms with Crippen molar-refractivity contribution in [1.29, 1.82) is 0 Å². The highest BCUT2D eigenvalue weighted by atomic mass is 16.5. The highest BCUT2D eigenvalue weighted by Crippen LogP contribution is 2.38. The van der Waals surface area contributed by atoms with Crippen molar-refractivity contribution in [2.45, 2.75) is 50.2 Å². The van der Waals surface area contributed by atoms with Crippen molar-refractivity contribution < 1.29 is 18.7 Å². The number of hydrogen-bond donors (Lipinski definition) is 2. The van der Waals surface area contributed by atoms with Gasteiger partial charge in [0.15, 0.2) is 5.76 Å². The van der Waals surface area contributed by atoms with Crippen LogP contribution in [0.25, 0.3) is 0 Å². The number of aromatic amines is 1. The monoisotopic (exact) mass is 386 g/mol. The molecule has 4 heterocycles. The number of hydrogen-bond acceptors (Lipinski definition) is 5. The molecule has 1 atom stereocenters. The van der Waals surface area contributed by atoms with Crippen LogP contribution in [-0.2, 0) is 16.0 Å². The van der Waals surface area contributed by atoms with Gasteiger partial charge in [-0.25, -0.2) is 0 Å². The van der Waals surface area contributed by atoms with Gasteiger partial charge in [-0.1, -0.05) is 0 Å². The fraction of sp³-hybridized carbons (Fsp3) is 0.550. The predicted molar refractivity (Wildman–Crippen MR) is 101 cm³/mol. The molecular weight excluding hydrogens is 360 g/mol. The van der Waals surface area contributed by atoms with Crippen LogP contribution in [0.2, 0.25) is 0 Å². The Morgan fingerprint density at radius 2 is 2.18 bits per heavy atom. The topological polar surface area (TPSA) is 100 Å². The molecule has 2 aromatic rings. The van der Waals surface area contributed by atoms with Crippen LogP contribution in [0, 0.1) is 0 Å². The second-order valence-corrected chi connectivity index (χ2v) is 7.64. The van der Waals surface area contributed by atoms with E-state index in [0.29, 0.717) is 25.1 Å². The Morgan fingerprint density at radius 3 is 2.89 bits per heavy atom. The van der Waals surface area contributed by atoms with Crippen molar-refractivity contribution in [2.24, 2.45) is 0 Å². The van der Waals surface area contributed by atoms with Gasteiger partial charge in [-0.3, -0.25) is 14.7 Å². The van der Waals surface area contributed by atoms with Gasteiger partial charge in [0, 0.05) is 32.3 Å². The molecule has 0 radical (unpaired) electrons. The van der Waals surface area contributed by atoms with Crippen LogP contribution in [0.5, 0.6) is 0 Å². The number of nitrogens with one attached hydrogen (secondary N) is 2. The van der Waals surface area contributed by atoms with Gasteiger partial charge in [0.05, 0.1) is 24.2 Å². The zero-order valence-corrected chi connectivity index (χ0v) is 15.9. The number of likely N-dealkylation sites (tertiary alicyclic amines) is 1. The lowest BCUT2D eigenvalue weighted by Crippen LogP contribution is -2.47. The van der Waals surface area contributed by atoms with E-state index in [0.717, 1.165) is 44.3 Å². The molecule has 2 amide bonds. The fourth-order valence-corrected chi connectivity index (χ4v) is 4.10. The van der Waals surface area contributed by atoms with E-state index in [2.05, 4.69) is 15.5 Å². The molecule has 4 rings (SSSR count). The molecule has 2 N–H and O–H groups in total. The second kappa shape index (κ2) is 8.18. The maximum Gasteiger partial charge on any atom is 0.287 e. The Bertz CT molecular complexity index is 779. The average molecular weight is 386 g/mol. The van der Waals surface area contributed by atoms with Crippen LogP contribution >= 0.6 is 0 Å². The first-order valence-electron chi connectivity index (χ1n) is 9.88. The molecule has 0 aromatic carbocycles. The van der Waals surface area contributed by atoms with E-state index in [1.54, 1.807) is 18.3 Å². The van der Waals surface area contributed by atoms with Gasteiger partial charge in [-0.15, -0.1) is 0 Å². The molecule has 8 heteroatoms. The van der Waals surface area contributed by atoms with Crippen LogP contribution in [0.1, 0.15) is 48.2 Å².